The number of hydrogen-bond acceptors (Lipinski definition) is 5. The second kappa shape index (κ2) is 5.63. The third kappa shape index (κ3) is 2.67. The molecule has 20 heavy (non-hydrogen) atoms. The van der Waals surface area contributed by atoms with E-state index in [9.17, 15) is 0 Å². The van der Waals surface area contributed by atoms with E-state index in [1.807, 2.05) is 6.07 Å². The van der Waals surface area contributed by atoms with Crippen molar-refractivity contribution >= 4 is 0 Å². The number of fused-ring (bicyclic) bond motifs is 1. The first-order valence-corrected chi connectivity index (χ1v) is 7.04. The minimum Gasteiger partial charge on any atom is -0.484 e. The number of aromatic nitrogens is 2. The van der Waals surface area contributed by atoms with Crippen molar-refractivity contribution < 1.29 is 9.26 Å². The molecule has 1 aromatic heterocycles. The van der Waals surface area contributed by atoms with Gasteiger partial charge in [0, 0.05) is 6.04 Å². The highest BCUT2D eigenvalue weighted by Gasteiger charge is 2.21. The van der Waals surface area contributed by atoms with Gasteiger partial charge in [-0.15, -0.1) is 0 Å². The number of rotatable bonds is 5. The van der Waals surface area contributed by atoms with Crippen LogP contribution >= 0.6 is 0 Å². The SMILES string of the molecule is CCNC1CCc2cc(OCc3nc(C)no3)ccc21. The Kier molecular flexibility index (Phi) is 3.69. The molecule has 0 bridgehead atoms. The molecule has 5 heteroatoms. The Morgan fingerprint density at radius 3 is 3.10 bits per heavy atom. The van der Waals surface area contributed by atoms with Gasteiger partial charge in [-0.3, -0.25) is 0 Å². The van der Waals surface area contributed by atoms with Gasteiger partial charge in [0.1, 0.15) is 5.75 Å². The fourth-order valence-corrected chi connectivity index (χ4v) is 2.69. The number of nitrogens with zero attached hydrogens (tertiary/aromatic N) is 2. The van der Waals surface area contributed by atoms with E-state index in [1.165, 1.54) is 11.1 Å². The average Bonchev–Trinajstić information content (AvgIpc) is 3.04. The van der Waals surface area contributed by atoms with Gasteiger partial charge in [-0.2, -0.15) is 4.98 Å². The van der Waals surface area contributed by atoms with Crippen molar-refractivity contribution in [1.82, 2.24) is 15.5 Å². The summed E-state index contributed by atoms with van der Waals surface area (Å²) in [6.45, 7) is 5.25. The number of hydrogen-bond donors (Lipinski definition) is 1. The van der Waals surface area contributed by atoms with Crippen LogP contribution in [0.3, 0.4) is 0 Å². The highest BCUT2D eigenvalue weighted by Crippen LogP contribution is 2.33. The predicted octanol–water partition coefficient (Wildman–Crippen LogP) is 2.55. The van der Waals surface area contributed by atoms with Gasteiger partial charge in [0.05, 0.1) is 0 Å². The van der Waals surface area contributed by atoms with Gasteiger partial charge in [-0.1, -0.05) is 18.1 Å². The molecule has 1 aliphatic carbocycles. The lowest BCUT2D eigenvalue weighted by atomic mass is 10.1. The number of aryl methyl sites for hydroxylation is 2. The van der Waals surface area contributed by atoms with Gasteiger partial charge in [-0.25, -0.2) is 0 Å². The van der Waals surface area contributed by atoms with E-state index in [0.29, 0.717) is 24.4 Å². The Hall–Kier alpha value is -1.88. The fraction of sp³-hybridized carbons (Fsp3) is 0.467. The van der Waals surface area contributed by atoms with Crippen LogP contribution in [0.5, 0.6) is 5.75 Å². The summed E-state index contributed by atoms with van der Waals surface area (Å²) in [6.07, 6.45) is 2.26. The molecule has 1 N–H and O–H groups in total. The van der Waals surface area contributed by atoms with Crippen LogP contribution in [0.1, 0.15) is 42.2 Å². The van der Waals surface area contributed by atoms with Gasteiger partial charge >= 0.3 is 0 Å². The number of benzene rings is 1. The van der Waals surface area contributed by atoms with E-state index in [4.69, 9.17) is 9.26 Å². The van der Waals surface area contributed by atoms with Crippen molar-refractivity contribution in [3.05, 3.63) is 41.0 Å². The maximum absolute atomic E-state index is 5.71. The first-order valence-electron chi connectivity index (χ1n) is 7.04. The molecule has 1 unspecified atom stereocenters. The van der Waals surface area contributed by atoms with Crippen molar-refractivity contribution in [2.75, 3.05) is 6.54 Å². The highest BCUT2D eigenvalue weighted by atomic mass is 16.5. The van der Waals surface area contributed by atoms with Crippen LogP contribution in [-0.4, -0.2) is 16.7 Å². The van der Waals surface area contributed by atoms with Crippen LogP contribution < -0.4 is 10.1 Å². The third-order valence-electron chi connectivity index (χ3n) is 3.57. The fourth-order valence-electron chi connectivity index (χ4n) is 2.69. The Bertz CT molecular complexity index is 595. The van der Waals surface area contributed by atoms with Crippen molar-refractivity contribution in [1.29, 1.82) is 0 Å². The minimum absolute atomic E-state index is 0.316. The lowest BCUT2D eigenvalue weighted by Crippen LogP contribution is -2.18. The van der Waals surface area contributed by atoms with Gasteiger partial charge in [0.25, 0.3) is 5.89 Å². The number of ether oxygens (including phenoxy) is 1. The Morgan fingerprint density at radius 1 is 1.45 bits per heavy atom. The van der Waals surface area contributed by atoms with Crippen LogP contribution in [0.4, 0.5) is 0 Å². The lowest BCUT2D eigenvalue weighted by molar-refractivity contribution is 0.242. The lowest BCUT2D eigenvalue weighted by Gasteiger charge is -2.12. The second-order valence-electron chi connectivity index (χ2n) is 5.03. The minimum atomic E-state index is 0.316. The molecular weight excluding hydrogens is 254 g/mol. The normalized spacial score (nSPS) is 17.2. The third-order valence-corrected chi connectivity index (χ3v) is 3.57. The van der Waals surface area contributed by atoms with Crippen molar-refractivity contribution in [2.24, 2.45) is 0 Å². The molecule has 1 atom stereocenters. The van der Waals surface area contributed by atoms with Gasteiger partial charge < -0.3 is 14.6 Å². The van der Waals surface area contributed by atoms with E-state index in [-0.39, 0.29) is 0 Å². The molecule has 0 radical (unpaired) electrons. The molecular formula is C15H19N3O2. The summed E-state index contributed by atoms with van der Waals surface area (Å²) in [5.74, 6) is 2.00. The number of nitrogens with one attached hydrogen (secondary N) is 1. The molecule has 0 aliphatic heterocycles. The summed E-state index contributed by atoms with van der Waals surface area (Å²) >= 11 is 0. The van der Waals surface area contributed by atoms with Crippen LogP contribution in [0.15, 0.2) is 22.7 Å². The smallest absolute Gasteiger partial charge is 0.264 e. The zero-order chi connectivity index (χ0) is 13.9. The van der Waals surface area contributed by atoms with E-state index < -0.39 is 0 Å². The summed E-state index contributed by atoms with van der Waals surface area (Å²) in [7, 11) is 0. The Labute approximate surface area is 118 Å². The molecule has 106 valence electrons. The molecule has 0 amide bonds. The Morgan fingerprint density at radius 2 is 2.35 bits per heavy atom. The van der Waals surface area contributed by atoms with Gasteiger partial charge in [0.2, 0.25) is 0 Å². The topological polar surface area (TPSA) is 60.2 Å². The molecule has 0 fully saturated rings. The molecule has 0 saturated carbocycles. The van der Waals surface area contributed by atoms with Crippen molar-refractivity contribution in [3.63, 3.8) is 0 Å². The average molecular weight is 273 g/mol. The van der Waals surface area contributed by atoms with Crippen LogP contribution in [0.25, 0.3) is 0 Å². The molecule has 5 nitrogen and oxygen atoms in total. The molecule has 3 rings (SSSR count). The summed E-state index contributed by atoms with van der Waals surface area (Å²) < 4.78 is 10.7. The molecule has 2 aromatic rings. The van der Waals surface area contributed by atoms with E-state index >= 15 is 0 Å². The second-order valence-corrected chi connectivity index (χ2v) is 5.03. The first-order chi connectivity index (χ1) is 9.76. The zero-order valence-electron chi connectivity index (χ0n) is 11.8. The van der Waals surface area contributed by atoms with Crippen LogP contribution in [0, 0.1) is 6.92 Å². The van der Waals surface area contributed by atoms with Crippen molar-refractivity contribution in [3.8, 4) is 5.75 Å². The van der Waals surface area contributed by atoms with E-state index in [1.54, 1.807) is 6.92 Å². The van der Waals surface area contributed by atoms with Crippen LogP contribution in [-0.2, 0) is 13.0 Å². The van der Waals surface area contributed by atoms with Gasteiger partial charge in [-0.05, 0) is 49.6 Å². The zero-order valence-corrected chi connectivity index (χ0v) is 11.8. The monoisotopic (exact) mass is 273 g/mol. The van der Waals surface area contributed by atoms with E-state index in [0.717, 1.165) is 25.1 Å². The Balaban J connectivity index is 1.67. The molecule has 0 saturated heterocycles. The summed E-state index contributed by atoms with van der Waals surface area (Å²) in [5, 5.41) is 7.25. The summed E-state index contributed by atoms with van der Waals surface area (Å²) in [5.41, 5.74) is 2.77. The largest absolute Gasteiger partial charge is 0.484 e. The summed E-state index contributed by atoms with van der Waals surface area (Å²) in [6, 6.07) is 6.78. The van der Waals surface area contributed by atoms with Crippen molar-refractivity contribution in [2.45, 2.75) is 39.3 Å². The molecule has 0 spiro atoms. The predicted molar refractivity (Wildman–Crippen MR) is 74.5 cm³/mol. The molecule has 1 aromatic carbocycles. The van der Waals surface area contributed by atoms with E-state index in [2.05, 4.69) is 34.5 Å². The highest BCUT2D eigenvalue weighted by molar-refractivity contribution is 5.40. The standard InChI is InChI=1S/C15H19N3O2/c1-3-16-14-7-4-11-8-12(5-6-13(11)14)19-9-15-17-10(2)18-20-15/h5-6,8,14,16H,3-4,7,9H2,1-2H3. The quantitative estimate of drug-likeness (QED) is 0.907. The summed E-state index contributed by atoms with van der Waals surface area (Å²) in [4.78, 5) is 4.12. The maximum atomic E-state index is 5.71. The molecule has 1 heterocycles. The molecule has 1 aliphatic rings. The first kappa shape index (κ1) is 13.1. The van der Waals surface area contributed by atoms with Gasteiger partial charge in [0.15, 0.2) is 12.4 Å². The maximum Gasteiger partial charge on any atom is 0.264 e. The van der Waals surface area contributed by atoms with Crippen LogP contribution in [0.2, 0.25) is 0 Å².